The van der Waals surface area contributed by atoms with Crippen LogP contribution in [0.2, 0.25) is 0 Å². The Kier molecular flexibility index (Phi) is 1.79. The monoisotopic (exact) mass is 202 g/mol. The number of aromatic amines is 1. The highest BCUT2D eigenvalue weighted by atomic mass is 15.1. The van der Waals surface area contributed by atoms with Crippen molar-refractivity contribution in [2.24, 2.45) is 0 Å². The van der Waals surface area contributed by atoms with Gasteiger partial charge in [-0.2, -0.15) is 0 Å². The SMILES string of the molecule is CN(C)C1Cc2[nH]c3cncnc3c2C1. The molecule has 0 fully saturated rings. The van der Waals surface area contributed by atoms with Crippen LogP contribution in [0.5, 0.6) is 0 Å². The Morgan fingerprint density at radius 2 is 2.27 bits per heavy atom. The Labute approximate surface area is 88.3 Å². The normalized spacial score (nSPS) is 20.1. The van der Waals surface area contributed by atoms with E-state index in [1.54, 1.807) is 6.33 Å². The van der Waals surface area contributed by atoms with E-state index in [2.05, 4.69) is 33.9 Å². The lowest BCUT2D eigenvalue weighted by Crippen LogP contribution is -2.28. The third-order valence-electron chi connectivity index (χ3n) is 3.26. The lowest BCUT2D eigenvalue weighted by Gasteiger charge is -2.18. The number of fused-ring (bicyclic) bond motifs is 3. The Morgan fingerprint density at radius 1 is 1.40 bits per heavy atom. The van der Waals surface area contributed by atoms with Crippen molar-refractivity contribution in [1.82, 2.24) is 19.9 Å². The van der Waals surface area contributed by atoms with Crippen LogP contribution in [0, 0.1) is 0 Å². The van der Waals surface area contributed by atoms with Crippen molar-refractivity contribution in [1.29, 1.82) is 0 Å². The summed E-state index contributed by atoms with van der Waals surface area (Å²) in [7, 11) is 4.27. The molecule has 1 unspecified atom stereocenters. The van der Waals surface area contributed by atoms with Crippen LogP contribution in [0.25, 0.3) is 11.0 Å². The van der Waals surface area contributed by atoms with Crippen LogP contribution in [0.3, 0.4) is 0 Å². The number of hydrogen-bond acceptors (Lipinski definition) is 3. The molecule has 1 atom stereocenters. The molecule has 0 aromatic carbocycles. The number of likely N-dealkylation sites (N-methyl/N-ethyl adjacent to an activating group) is 1. The molecule has 0 amide bonds. The largest absolute Gasteiger partial charge is 0.356 e. The third kappa shape index (κ3) is 1.25. The molecule has 4 heteroatoms. The lowest BCUT2D eigenvalue weighted by atomic mass is 10.2. The van der Waals surface area contributed by atoms with Crippen molar-refractivity contribution in [3.63, 3.8) is 0 Å². The highest BCUT2D eigenvalue weighted by Gasteiger charge is 2.27. The quantitative estimate of drug-likeness (QED) is 0.750. The van der Waals surface area contributed by atoms with Crippen LogP contribution in [0.1, 0.15) is 11.3 Å². The number of H-pyrrole nitrogens is 1. The third-order valence-corrected chi connectivity index (χ3v) is 3.26. The van der Waals surface area contributed by atoms with E-state index in [0.29, 0.717) is 6.04 Å². The van der Waals surface area contributed by atoms with E-state index in [0.717, 1.165) is 23.9 Å². The molecule has 1 aliphatic carbocycles. The van der Waals surface area contributed by atoms with Gasteiger partial charge in [-0.3, -0.25) is 0 Å². The van der Waals surface area contributed by atoms with Crippen LogP contribution in [0.4, 0.5) is 0 Å². The molecule has 78 valence electrons. The van der Waals surface area contributed by atoms with Crippen molar-refractivity contribution in [3.05, 3.63) is 23.8 Å². The molecular weight excluding hydrogens is 188 g/mol. The van der Waals surface area contributed by atoms with Gasteiger partial charge in [-0.25, -0.2) is 9.97 Å². The van der Waals surface area contributed by atoms with Crippen LogP contribution in [0.15, 0.2) is 12.5 Å². The molecule has 0 spiro atoms. The Morgan fingerprint density at radius 3 is 3.07 bits per heavy atom. The fraction of sp³-hybridized carbons (Fsp3) is 0.455. The van der Waals surface area contributed by atoms with Gasteiger partial charge in [-0.15, -0.1) is 0 Å². The van der Waals surface area contributed by atoms with E-state index in [1.807, 2.05) is 6.20 Å². The second kappa shape index (κ2) is 3.03. The molecule has 2 heterocycles. The molecule has 2 aromatic heterocycles. The molecule has 15 heavy (non-hydrogen) atoms. The van der Waals surface area contributed by atoms with Crippen molar-refractivity contribution in [2.45, 2.75) is 18.9 Å². The van der Waals surface area contributed by atoms with Crippen molar-refractivity contribution >= 4 is 11.0 Å². The fourth-order valence-electron chi connectivity index (χ4n) is 2.35. The van der Waals surface area contributed by atoms with E-state index >= 15 is 0 Å². The highest BCUT2D eigenvalue weighted by molar-refractivity contribution is 5.80. The summed E-state index contributed by atoms with van der Waals surface area (Å²) in [5.74, 6) is 0. The van der Waals surface area contributed by atoms with Gasteiger partial charge in [-0.05, 0) is 20.5 Å². The van der Waals surface area contributed by atoms with Crippen LogP contribution < -0.4 is 0 Å². The smallest absolute Gasteiger partial charge is 0.116 e. The van der Waals surface area contributed by atoms with E-state index in [1.165, 1.54) is 11.3 Å². The molecular formula is C11H14N4. The predicted molar refractivity (Wildman–Crippen MR) is 58.8 cm³/mol. The molecule has 1 aliphatic rings. The van der Waals surface area contributed by atoms with E-state index in [-0.39, 0.29) is 0 Å². The number of hydrogen-bond donors (Lipinski definition) is 1. The average Bonchev–Trinajstić information content (AvgIpc) is 2.73. The molecule has 0 aliphatic heterocycles. The zero-order valence-electron chi connectivity index (χ0n) is 8.99. The Hall–Kier alpha value is -1.42. The second-order valence-corrected chi connectivity index (χ2v) is 4.39. The van der Waals surface area contributed by atoms with E-state index in [9.17, 15) is 0 Å². The van der Waals surface area contributed by atoms with Gasteiger partial charge in [0.05, 0.1) is 17.2 Å². The van der Waals surface area contributed by atoms with Gasteiger partial charge in [0, 0.05) is 23.7 Å². The average molecular weight is 202 g/mol. The second-order valence-electron chi connectivity index (χ2n) is 4.39. The molecule has 3 rings (SSSR count). The van der Waals surface area contributed by atoms with Crippen molar-refractivity contribution in [3.8, 4) is 0 Å². The van der Waals surface area contributed by atoms with Crippen molar-refractivity contribution < 1.29 is 0 Å². The number of nitrogens with zero attached hydrogens (tertiary/aromatic N) is 3. The molecule has 4 nitrogen and oxygen atoms in total. The maximum Gasteiger partial charge on any atom is 0.116 e. The summed E-state index contributed by atoms with van der Waals surface area (Å²) in [5.41, 5.74) is 4.89. The lowest BCUT2D eigenvalue weighted by molar-refractivity contribution is 0.303. The maximum atomic E-state index is 4.35. The van der Waals surface area contributed by atoms with E-state index in [4.69, 9.17) is 0 Å². The van der Waals surface area contributed by atoms with Crippen LogP contribution >= 0.6 is 0 Å². The molecule has 1 N–H and O–H groups in total. The van der Waals surface area contributed by atoms with Crippen LogP contribution in [-0.2, 0) is 12.8 Å². The molecule has 0 radical (unpaired) electrons. The number of nitrogens with one attached hydrogen (secondary N) is 1. The van der Waals surface area contributed by atoms with Gasteiger partial charge in [0.15, 0.2) is 0 Å². The van der Waals surface area contributed by atoms with E-state index < -0.39 is 0 Å². The topological polar surface area (TPSA) is 44.8 Å². The summed E-state index contributed by atoms with van der Waals surface area (Å²) < 4.78 is 0. The zero-order chi connectivity index (χ0) is 10.4. The first-order chi connectivity index (χ1) is 7.25. The maximum absolute atomic E-state index is 4.35. The fourth-order valence-corrected chi connectivity index (χ4v) is 2.35. The first-order valence-electron chi connectivity index (χ1n) is 5.21. The predicted octanol–water partition coefficient (Wildman–Crippen LogP) is 0.987. The number of aromatic nitrogens is 3. The number of rotatable bonds is 1. The Bertz CT molecular complexity index is 500. The molecule has 0 saturated carbocycles. The first kappa shape index (κ1) is 8.85. The van der Waals surface area contributed by atoms with Gasteiger partial charge in [0.1, 0.15) is 6.33 Å². The zero-order valence-corrected chi connectivity index (χ0v) is 8.99. The summed E-state index contributed by atoms with van der Waals surface area (Å²) in [6, 6.07) is 0.616. The first-order valence-corrected chi connectivity index (χ1v) is 5.21. The van der Waals surface area contributed by atoms with Crippen molar-refractivity contribution in [2.75, 3.05) is 14.1 Å². The molecule has 0 bridgehead atoms. The summed E-state index contributed by atoms with van der Waals surface area (Å²) in [6.45, 7) is 0. The molecule has 0 saturated heterocycles. The van der Waals surface area contributed by atoms with Gasteiger partial charge in [-0.1, -0.05) is 0 Å². The van der Waals surface area contributed by atoms with Gasteiger partial charge >= 0.3 is 0 Å². The van der Waals surface area contributed by atoms with Crippen LogP contribution in [-0.4, -0.2) is 40.0 Å². The van der Waals surface area contributed by atoms with Gasteiger partial charge in [0.25, 0.3) is 0 Å². The van der Waals surface area contributed by atoms with Gasteiger partial charge < -0.3 is 9.88 Å². The van der Waals surface area contributed by atoms with Gasteiger partial charge in [0.2, 0.25) is 0 Å². The summed E-state index contributed by atoms with van der Waals surface area (Å²) >= 11 is 0. The Balaban J connectivity index is 2.08. The summed E-state index contributed by atoms with van der Waals surface area (Å²) in [5, 5.41) is 0. The summed E-state index contributed by atoms with van der Waals surface area (Å²) in [4.78, 5) is 14.1. The molecule has 2 aromatic rings. The summed E-state index contributed by atoms with van der Waals surface area (Å²) in [6.07, 6.45) is 5.67. The minimum Gasteiger partial charge on any atom is -0.356 e. The standard InChI is InChI=1S/C11H14N4/c1-15(2)7-3-8-9(4-7)14-10-5-12-6-13-11(8)10/h5-7,14H,3-4H2,1-2H3. The minimum absolute atomic E-state index is 0.616. The minimum atomic E-state index is 0.616. The highest BCUT2D eigenvalue weighted by Crippen LogP contribution is 2.29.